The van der Waals surface area contributed by atoms with Gasteiger partial charge in [0.25, 0.3) is 0 Å². The molecule has 0 spiro atoms. The molecule has 3 amide bonds. The average Bonchev–Trinajstić information content (AvgIpc) is 2.58. The summed E-state index contributed by atoms with van der Waals surface area (Å²) in [6.07, 6.45) is 0.174. The number of alkyl carbamates (subject to hydrolysis) is 1. The van der Waals surface area contributed by atoms with Crippen molar-refractivity contribution >= 4 is 17.9 Å². The van der Waals surface area contributed by atoms with Crippen molar-refractivity contribution < 1.29 is 23.9 Å². The van der Waals surface area contributed by atoms with Crippen LogP contribution < -0.4 is 20.7 Å². The topological polar surface area (TPSA) is 106 Å². The van der Waals surface area contributed by atoms with Gasteiger partial charge in [-0.15, -0.1) is 0 Å². The molecule has 3 N–H and O–H groups in total. The summed E-state index contributed by atoms with van der Waals surface area (Å²) in [5.41, 5.74) is 0.210. The molecule has 0 fully saturated rings. The molecule has 1 rings (SSSR count). The first kappa shape index (κ1) is 22.3. The maximum Gasteiger partial charge on any atom is 0.408 e. The molecular formula is C19H29N3O5. The van der Waals surface area contributed by atoms with E-state index in [-0.39, 0.29) is 24.8 Å². The van der Waals surface area contributed by atoms with E-state index >= 15 is 0 Å². The minimum Gasteiger partial charge on any atom is -0.496 e. The standard InChI is InChI=1S/C19H29N3O5/c1-19(2,3)27-18(25)22-13-17(24)21-11-7-10-20-16(23)12-14-8-5-6-9-15(14)26-4/h5-6,8-9H,7,10-13H2,1-4H3,(H,20,23)(H,21,24)(H,22,25). The zero-order valence-electron chi connectivity index (χ0n) is 16.4. The smallest absolute Gasteiger partial charge is 0.408 e. The average molecular weight is 379 g/mol. The van der Waals surface area contributed by atoms with Crippen molar-refractivity contribution in [3.05, 3.63) is 29.8 Å². The molecule has 0 atom stereocenters. The predicted octanol–water partition coefficient (Wildman–Crippen LogP) is 1.38. The third kappa shape index (κ3) is 10.1. The zero-order chi connectivity index (χ0) is 20.3. The van der Waals surface area contributed by atoms with Crippen LogP contribution in [-0.2, 0) is 20.7 Å². The second-order valence-corrected chi connectivity index (χ2v) is 6.90. The van der Waals surface area contributed by atoms with Gasteiger partial charge in [0.05, 0.1) is 20.1 Å². The quantitative estimate of drug-likeness (QED) is 0.562. The van der Waals surface area contributed by atoms with Crippen molar-refractivity contribution in [1.29, 1.82) is 0 Å². The van der Waals surface area contributed by atoms with Crippen molar-refractivity contribution in [2.75, 3.05) is 26.7 Å². The summed E-state index contributed by atoms with van der Waals surface area (Å²) >= 11 is 0. The van der Waals surface area contributed by atoms with Crippen molar-refractivity contribution in [1.82, 2.24) is 16.0 Å². The minimum atomic E-state index is -0.638. The Kier molecular flexibility index (Phi) is 9.12. The Balaban J connectivity index is 2.15. The van der Waals surface area contributed by atoms with Crippen LogP contribution in [0.25, 0.3) is 0 Å². The second-order valence-electron chi connectivity index (χ2n) is 6.90. The van der Waals surface area contributed by atoms with Crippen molar-refractivity contribution in [2.45, 2.75) is 39.2 Å². The van der Waals surface area contributed by atoms with Crippen LogP contribution in [0.3, 0.4) is 0 Å². The highest BCUT2D eigenvalue weighted by Gasteiger charge is 2.16. The number of amides is 3. The van der Waals surface area contributed by atoms with E-state index in [1.165, 1.54) is 0 Å². The maximum atomic E-state index is 12.0. The summed E-state index contributed by atoms with van der Waals surface area (Å²) < 4.78 is 10.3. The summed E-state index contributed by atoms with van der Waals surface area (Å²) in [4.78, 5) is 35.0. The highest BCUT2D eigenvalue weighted by Crippen LogP contribution is 2.17. The van der Waals surface area contributed by atoms with Gasteiger partial charge in [-0.25, -0.2) is 4.79 Å². The largest absolute Gasteiger partial charge is 0.496 e. The van der Waals surface area contributed by atoms with E-state index in [0.29, 0.717) is 25.3 Å². The summed E-state index contributed by atoms with van der Waals surface area (Å²) in [6.45, 7) is 5.91. The monoisotopic (exact) mass is 379 g/mol. The van der Waals surface area contributed by atoms with E-state index in [4.69, 9.17) is 9.47 Å². The number of hydrogen-bond acceptors (Lipinski definition) is 5. The number of carbonyl (C=O) groups is 3. The van der Waals surface area contributed by atoms with Crippen molar-refractivity contribution in [3.8, 4) is 5.75 Å². The summed E-state index contributed by atoms with van der Waals surface area (Å²) in [5.74, 6) is 0.246. The Labute approximate surface area is 160 Å². The first-order valence-electron chi connectivity index (χ1n) is 8.83. The van der Waals surface area contributed by atoms with Crippen LogP contribution in [0.2, 0.25) is 0 Å². The van der Waals surface area contributed by atoms with Crippen LogP contribution >= 0.6 is 0 Å². The van der Waals surface area contributed by atoms with Crippen LogP contribution in [-0.4, -0.2) is 50.3 Å². The Morgan fingerprint density at radius 1 is 0.963 bits per heavy atom. The zero-order valence-corrected chi connectivity index (χ0v) is 16.4. The van der Waals surface area contributed by atoms with E-state index in [2.05, 4.69) is 16.0 Å². The highest BCUT2D eigenvalue weighted by molar-refractivity contribution is 5.82. The summed E-state index contributed by atoms with van der Waals surface area (Å²) in [6, 6.07) is 7.35. The molecule has 8 heteroatoms. The number of methoxy groups -OCH3 is 1. The third-order valence-electron chi connectivity index (χ3n) is 3.33. The highest BCUT2D eigenvalue weighted by atomic mass is 16.6. The number of carbonyl (C=O) groups excluding carboxylic acids is 3. The fraction of sp³-hybridized carbons (Fsp3) is 0.526. The van der Waals surface area contributed by atoms with Gasteiger partial charge >= 0.3 is 6.09 Å². The lowest BCUT2D eigenvalue weighted by molar-refractivity contribution is -0.120. The number of benzene rings is 1. The van der Waals surface area contributed by atoms with Gasteiger partial charge in [0.15, 0.2) is 0 Å². The molecule has 27 heavy (non-hydrogen) atoms. The molecule has 0 aliphatic carbocycles. The molecule has 0 saturated heterocycles. The second kappa shape index (κ2) is 11.1. The van der Waals surface area contributed by atoms with Gasteiger partial charge < -0.3 is 25.4 Å². The lowest BCUT2D eigenvalue weighted by Gasteiger charge is -2.19. The number of ether oxygens (including phenoxy) is 2. The first-order chi connectivity index (χ1) is 12.7. The van der Waals surface area contributed by atoms with Crippen LogP contribution in [0, 0.1) is 0 Å². The minimum absolute atomic E-state index is 0.114. The van der Waals surface area contributed by atoms with Gasteiger partial charge in [0, 0.05) is 18.7 Å². The predicted molar refractivity (Wildman–Crippen MR) is 102 cm³/mol. The van der Waals surface area contributed by atoms with Gasteiger partial charge in [-0.05, 0) is 33.3 Å². The molecule has 1 aromatic rings. The molecule has 8 nitrogen and oxygen atoms in total. The van der Waals surface area contributed by atoms with E-state index < -0.39 is 11.7 Å². The number of rotatable bonds is 9. The molecule has 0 unspecified atom stereocenters. The maximum absolute atomic E-state index is 12.0. The molecule has 0 heterocycles. The molecule has 0 aromatic heterocycles. The van der Waals surface area contributed by atoms with E-state index in [1.54, 1.807) is 27.9 Å². The molecule has 0 bridgehead atoms. The van der Waals surface area contributed by atoms with E-state index in [9.17, 15) is 14.4 Å². The van der Waals surface area contributed by atoms with Crippen molar-refractivity contribution in [2.24, 2.45) is 0 Å². The van der Waals surface area contributed by atoms with E-state index in [1.807, 2.05) is 24.3 Å². The van der Waals surface area contributed by atoms with Gasteiger partial charge in [0.2, 0.25) is 11.8 Å². The lowest BCUT2D eigenvalue weighted by Crippen LogP contribution is -2.40. The van der Waals surface area contributed by atoms with Gasteiger partial charge in [-0.2, -0.15) is 0 Å². The van der Waals surface area contributed by atoms with E-state index in [0.717, 1.165) is 5.56 Å². The fourth-order valence-electron chi connectivity index (χ4n) is 2.16. The lowest BCUT2D eigenvalue weighted by atomic mass is 10.1. The van der Waals surface area contributed by atoms with Gasteiger partial charge in [-0.3, -0.25) is 9.59 Å². The van der Waals surface area contributed by atoms with Crippen LogP contribution in [0.5, 0.6) is 5.75 Å². The normalized spacial score (nSPS) is 10.7. The summed E-state index contributed by atoms with van der Waals surface area (Å²) in [7, 11) is 1.57. The number of nitrogens with one attached hydrogen (secondary N) is 3. The summed E-state index contributed by atoms with van der Waals surface area (Å²) in [5, 5.41) is 7.84. The number of para-hydroxylation sites is 1. The molecule has 0 saturated carbocycles. The fourth-order valence-corrected chi connectivity index (χ4v) is 2.16. The Hall–Kier alpha value is -2.77. The molecule has 0 aliphatic heterocycles. The Morgan fingerprint density at radius 2 is 1.59 bits per heavy atom. The Morgan fingerprint density at radius 3 is 2.22 bits per heavy atom. The molecule has 0 aliphatic rings. The molecular weight excluding hydrogens is 350 g/mol. The van der Waals surface area contributed by atoms with Gasteiger partial charge in [-0.1, -0.05) is 18.2 Å². The van der Waals surface area contributed by atoms with Gasteiger partial charge in [0.1, 0.15) is 11.4 Å². The van der Waals surface area contributed by atoms with Crippen molar-refractivity contribution in [3.63, 3.8) is 0 Å². The van der Waals surface area contributed by atoms with Crippen LogP contribution in [0.15, 0.2) is 24.3 Å². The number of hydrogen-bond donors (Lipinski definition) is 3. The molecule has 150 valence electrons. The van der Waals surface area contributed by atoms with Crippen LogP contribution in [0.4, 0.5) is 4.79 Å². The first-order valence-corrected chi connectivity index (χ1v) is 8.83. The Bertz CT molecular complexity index is 640. The van der Waals surface area contributed by atoms with Crippen LogP contribution in [0.1, 0.15) is 32.8 Å². The third-order valence-corrected chi connectivity index (χ3v) is 3.33. The molecule has 0 radical (unpaired) electrons. The molecule has 1 aromatic carbocycles. The SMILES string of the molecule is COc1ccccc1CC(=O)NCCCNC(=O)CNC(=O)OC(C)(C)C.